The van der Waals surface area contributed by atoms with E-state index in [0.29, 0.717) is 25.3 Å². The van der Waals surface area contributed by atoms with Crippen molar-refractivity contribution in [3.05, 3.63) is 35.8 Å². The minimum Gasteiger partial charge on any atom is -0.459 e. The van der Waals surface area contributed by atoms with E-state index in [1.54, 1.807) is 13.0 Å². The fraction of sp³-hybridized carbons (Fsp3) is 0.500. The molecule has 2 heterocycles. The first-order valence-electron chi connectivity index (χ1n) is 8.44. The lowest BCUT2D eigenvalue weighted by Gasteiger charge is -2.17. The standard InChI is InChI=1S/C18H20N2O4/c1-10-5-8-24-15(10)16(21)19-6-2-7-20-17(22)13-11-3-4-12(9-11)14(13)18(20)23/h3-5,8,11-14H,2,6-7,9H2,1H3,(H,19,21)/t11-,12-,13-,14+/m0/s1. The Morgan fingerprint density at radius 1 is 1.25 bits per heavy atom. The number of rotatable bonds is 5. The summed E-state index contributed by atoms with van der Waals surface area (Å²) >= 11 is 0. The first kappa shape index (κ1) is 15.2. The maximum Gasteiger partial charge on any atom is 0.287 e. The van der Waals surface area contributed by atoms with Gasteiger partial charge in [0, 0.05) is 18.7 Å². The van der Waals surface area contributed by atoms with Crippen LogP contribution in [0.2, 0.25) is 0 Å². The van der Waals surface area contributed by atoms with Crippen LogP contribution in [0.1, 0.15) is 29.0 Å². The van der Waals surface area contributed by atoms with Crippen molar-refractivity contribution in [2.45, 2.75) is 19.8 Å². The summed E-state index contributed by atoms with van der Waals surface area (Å²) in [4.78, 5) is 38.4. The SMILES string of the molecule is Cc1ccoc1C(=O)NCCCN1C(=O)[C@@H]2[C@H](C1=O)[C@H]1C=C[C@H]2C1. The Hall–Kier alpha value is -2.37. The third-order valence-electron chi connectivity index (χ3n) is 5.47. The van der Waals surface area contributed by atoms with E-state index in [4.69, 9.17) is 4.42 Å². The van der Waals surface area contributed by atoms with E-state index in [1.807, 2.05) is 0 Å². The van der Waals surface area contributed by atoms with E-state index < -0.39 is 0 Å². The fourth-order valence-electron chi connectivity index (χ4n) is 4.31. The summed E-state index contributed by atoms with van der Waals surface area (Å²) in [6, 6.07) is 1.73. The van der Waals surface area contributed by atoms with Gasteiger partial charge in [-0.3, -0.25) is 19.3 Å². The molecule has 1 N–H and O–H groups in total. The predicted molar refractivity (Wildman–Crippen MR) is 84.8 cm³/mol. The summed E-state index contributed by atoms with van der Waals surface area (Å²) in [5.41, 5.74) is 0.785. The van der Waals surface area contributed by atoms with Crippen LogP contribution in [0.15, 0.2) is 28.9 Å². The topological polar surface area (TPSA) is 79.6 Å². The number of furan rings is 1. The van der Waals surface area contributed by atoms with Gasteiger partial charge in [-0.25, -0.2) is 0 Å². The van der Waals surface area contributed by atoms with Gasteiger partial charge in [-0.1, -0.05) is 12.2 Å². The van der Waals surface area contributed by atoms with E-state index in [1.165, 1.54) is 11.2 Å². The molecule has 1 saturated carbocycles. The number of aryl methyl sites for hydroxylation is 1. The number of carbonyl (C=O) groups excluding carboxylic acids is 3. The Morgan fingerprint density at radius 2 is 1.92 bits per heavy atom. The number of likely N-dealkylation sites (tertiary alicyclic amines) is 1. The first-order valence-corrected chi connectivity index (χ1v) is 8.44. The molecule has 6 heteroatoms. The zero-order valence-electron chi connectivity index (χ0n) is 13.5. The van der Waals surface area contributed by atoms with Crippen molar-refractivity contribution in [2.24, 2.45) is 23.7 Å². The zero-order chi connectivity index (χ0) is 16.8. The summed E-state index contributed by atoms with van der Waals surface area (Å²) < 4.78 is 5.13. The number of allylic oxidation sites excluding steroid dienone is 2. The minimum atomic E-state index is -0.268. The molecule has 4 atom stereocenters. The van der Waals surface area contributed by atoms with Gasteiger partial charge >= 0.3 is 0 Å². The number of nitrogens with zero attached hydrogens (tertiary/aromatic N) is 1. The van der Waals surface area contributed by atoms with E-state index in [2.05, 4.69) is 17.5 Å². The molecule has 1 aromatic rings. The van der Waals surface area contributed by atoms with Crippen molar-refractivity contribution in [3.8, 4) is 0 Å². The number of imide groups is 1. The molecule has 0 unspecified atom stereocenters. The van der Waals surface area contributed by atoms with Crippen LogP contribution < -0.4 is 5.32 Å². The van der Waals surface area contributed by atoms with Crippen LogP contribution in [-0.4, -0.2) is 35.7 Å². The van der Waals surface area contributed by atoms with Crippen LogP contribution in [0.3, 0.4) is 0 Å². The van der Waals surface area contributed by atoms with Gasteiger partial charge in [0.15, 0.2) is 5.76 Å². The molecular formula is C18H20N2O4. The van der Waals surface area contributed by atoms with Gasteiger partial charge in [0.2, 0.25) is 11.8 Å². The highest BCUT2D eigenvalue weighted by Gasteiger charge is 2.58. The van der Waals surface area contributed by atoms with E-state index >= 15 is 0 Å². The van der Waals surface area contributed by atoms with Crippen LogP contribution in [0.25, 0.3) is 0 Å². The Kier molecular flexibility index (Phi) is 3.55. The number of hydrogen-bond donors (Lipinski definition) is 1. The Balaban J connectivity index is 1.30. The Bertz CT molecular complexity index is 705. The average molecular weight is 328 g/mol. The molecule has 1 aromatic heterocycles. The molecule has 3 amide bonds. The van der Waals surface area contributed by atoms with E-state index in [9.17, 15) is 14.4 Å². The van der Waals surface area contributed by atoms with Crippen molar-refractivity contribution in [1.29, 1.82) is 0 Å². The monoisotopic (exact) mass is 328 g/mol. The van der Waals surface area contributed by atoms with E-state index in [0.717, 1.165) is 12.0 Å². The quantitative estimate of drug-likeness (QED) is 0.505. The van der Waals surface area contributed by atoms with Gasteiger partial charge in [-0.2, -0.15) is 0 Å². The van der Waals surface area contributed by atoms with Gasteiger partial charge in [0.25, 0.3) is 5.91 Å². The van der Waals surface area contributed by atoms with Crippen molar-refractivity contribution in [3.63, 3.8) is 0 Å². The van der Waals surface area contributed by atoms with Gasteiger partial charge in [-0.15, -0.1) is 0 Å². The molecular weight excluding hydrogens is 308 g/mol. The van der Waals surface area contributed by atoms with Crippen LogP contribution >= 0.6 is 0 Å². The molecule has 3 aliphatic rings. The maximum absolute atomic E-state index is 12.5. The number of nitrogens with one attached hydrogen (secondary N) is 1. The highest BCUT2D eigenvalue weighted by molar-refractivity contribution is 6.06. The van der Waals surface area contributed by atoms with Crippen molar-refractivity contribution in [2.75, 3.05) is 13.1 Å². The lowest BCUT2D eigenvalue weighted by atomic mass is 9.85. The first-order chi connectivity index (χ1) is 11.6. The highest BCUT2D eigenvalue weighted by atomic mass is 16.3. The van der Waals surface area contributed by atoms with Crippen LogP contribution in [-0.2, 0) is 9.59 Å². The van der Waals surface area contributed by atoms with Crippen molar-refractivity contribution >= 4 is 17.7 Å². The van der Waals surface area contributed by atoms with E-state index in [-0.39, 0.29) is 41.4 Å². The molecule has 2 fully saturated rings. The third-order valence-corrected chi connectivity index (χ3v) is 5.47. The maximum atomic E-state index is 12.5. The van der Waals surface area contributed by atoms with Crippen molar-refractivity contribution in [1.82, 2.24) is 10.2 Å². The molecule has 24 heavy (non-hydrogen) atoms. The summed E-state index contributed by atoms with van der Waals surface area (Å²) in [5, 5.41) is 2.77. The van der Waals surface area contributed by atoms with Gasteiger partial charge in [0.05, 0.1) is 18.1 Å². The lowest BCUT2D eigenvalue weighted by molar-refractivity contribution is -0.140. The lowest BCUT2D eigenvalue weighted by Crippen LogP contribution is -2.35. The second kappa shape index (κ2) is 5.61. The third kappa shape index (κ3) is 2.20. The molecule has 0 radical (unpaired) electrons. The summed E-state index contributed by atoms with van der Waals surface area (Å²) in [6.07, 6.45) is 7.15. The zero-order valence-corrected chi connectivity index (χ0v) is 13.5. The summed E-state index contributed by atoms with van der Waals surface area (Å²) in [5.74, 6) is 0.160. The molecule has 0 spiro atoms. The van der Waals surface area contributed by atoms with Crippen molar-refractivity contribution < 1.29 is 18.8 Å². The fourth-order valence-corrected chi connectivity index (χ4v) is 4.31. The van der Waals surface area contributed by atoms with Gasteiger partial charge in [0.1, 0.15) is 0 Å². The molecule has 4 rings (SSSR count). The average Bonchev–Trinajstić information content (AvgIpc) is 3.31. The molecule has 0 aromatic carbocycles. The Morgan fingerprint density at radius 3 is 2.50 bits per heavy atom. The number of carbonyl (C=O) groups is 3. The van der Waals surface area contributed by atoms with Crippen LogP contribution in [0.5, 0.6) is 0 Å². The summed E-state index contributed by atoms with van der Waals surface area (Å²) in [7, 11) is 0. The minimum absolute atomic E-state index is 0.0324. The smallest absolute Gasteiger partial charge is 0.287 e. The summed E-state index contributed by atoms with van der Waals surface area (Å²) in [6.45, 7) is 2.57. The number of hydrogen-bond acceptors (Lipinski definition) is 4. The Labute approximate surface area is 139 Å². The van der Waals surface area contributed by atoms with Gasteiger partial charge in [-0.05, 0) is 37.7 Å². The predicted octanol–water partition coefficient (Wildman–Crippen LogP) is 1.52. The number of fused-ring (bicyclic) bond motifs is 5. The second-order valence-electron chi connectivity index (χ2n) is 6.87. The van der Waals surface area contributed by atoms with Crippen LogP contribution in [0, 0.1) is 30.6 Å². The largest absolute Gasteiger partial charge is 0.459 e. The molecule has 1 saturated heterocycles. The molecule has 2 bridgehead atoms. The van der Waals surface area contributed by atoms with Gasteiger partial charge < -0.3 is 9.73 Å². The molecule has 126 valence electrons. The van der Waals surface area contributed by atoms with Crippen LogP contribution in [0.4, 0.5) is 0 Å². The molecule has 6 nitrogen and oxygen atoms in total. The molecule has 1 aliphatic heterocycles. The highest BCUT2D eigenvalue weighted by Crippen LogP contribution is 2.52. The normalized spacial score (nSPS) is 30.3. The second-order valence-corrected chi connectivity index (χ2v) is 6.87. The number of amides is 3. The molecule has 2 aliphatic carbocycles.